The predicted molar refractivity (Wildman–Crippen MR) is 62.8 cm³/mol. The summed E-state index contributed by atoms with van der Waals surface area (Å²) in [7, 11) is 0. The van der Waals surface area contributed by atoms with Crippen molar-refractivity contribution in [1.82, 2.24) is 15.3 Å². The van der Waals surface area contributed by atoms with Gasteiger partial charge in [0, 0.05) is 0 Å². The molecule has 0 bridgehead atoms. The Morgan fingerprint density at radius 1 is 1.41 bits per heavy atom. The number of rotatable bonds is 2. The molecular weight excluding hydrogens is 218 g/mol. The van der Waals surface area contributed by atoms with E-state index in [0.717, 1.165) is 30.4 Å². The van der Waals surface area contributed by atoms with Gasteiger partial charge >= 0.3 is 12.0 Å². The molecule has 1 aromatic heterocycles. The first-order valence-corrected chi connectivity index (χ1v) is 5.73. The van der Waals surface area contributed by atoms with E-state index in [4.69, 9.17) is 4.74 Å². The molecule has 1 aliphatic heterocycles. The number of hydrogen-bond acceptors (Lipinski definition) is 4. The molecule has 5 heteroatoms. The molecule has 0 unspecified atom stereocenters. The molecule has 0 amide bonds. The highest BCUT2D eigenvalue weighted by Gasteiger charge is 2.24. The molecule has 3 rings (SSSR count). The summed E-state index contributed by atoms with van der Waals surface area (Å²) in [6.07, 6.45) is 1.85. The molecule has 1 aromatic carbocycles. The summed E-state index contributed by atoms with van der Waals surface area (Å²) in [5.74, 6) is -0.262. The number of H-pyrrole nitrogens is 1. The third-order valence-corrected chi connectivity index (χ3v) is 2.91. The van der Waals surface area contributed by atoms with E-state index in [0.29, 0.717) is 0 Å². The summed E-state index contributed by atoms with van der Waals surface area (Å²) in [5.41, 5.74) is 1.67. The highest BCUT2D eigenvalue weighted by molar-refractivity contribution is 5.80. The molecule has 1 fully saturated rings. The maximum atomic E-state index is 11.7. The second kappa shape index (κ2) is 4.18. The van der Waals surface area contributed by atoms with Crippen molar-refractivity contribution in [1.29, 1.82) is 0 Å². The first-order valence-electron chi connectivity index (χ1n) is 5.73. The zero-order chi connectivity index (χ0) is 11.7. The van der Waals surface area contributed by atoms with Crippen LogP contribution in [0.4, 0.5) is 0 Å². The zero-order valence-corrected chi connectivity index (χ0v) is 9.27. The van der Waals surface area contributed by atoms with Gasteiger partial charge in [0.2, 0.25) is 0 Å². The molecule has 1 saturated heterocycles. The van der Waals surface area contributed by atoms with Crippen LogP contribution in [0.1, 0.15) is 12.8 Å². The van der Waals surface area contributed by atoms with Crippen molar-refractivity contribution in [2.24, 2.45) is 0 Å². The lowest BCUT2D eigenvalue weighted by molar-refractivity contribution is -0.136. The van der Waals surface area contributed by atoms with Gasteiger partial charge in [-0.1, -0.05) is 12.1 Å². The Kier molecular flexibility index (Phi) is 2.53. The number of nitrogens with zero attached hydrogens (tertiary/aromatic N) is 1. The van der Waals surface area contributed by atoms with E-state index in [1.807, 2.05) is 24.3 Å². The van der Waals surface area contributed by atoms with Crippen LogP contribution in [0, 0.1) is 0 Å². The molecule has 2 heterocycles. The molecule has 2 N–H and O–H groups in total. The van der Waals surface area contributed by atoms with Gasteiger partial charge in [0.15, 0.2) is 0 Å². The van der Waals surface area contributed by atoms with E-state index in [1.165, 1.54) is 0 Å². The number of aromatic amines is 1. The minimum Gasteiger partial charge on any atom is -0.391 e. The Morgan fingerprint density at radius 3 is 3.06 bits per heavy atom. The highest BCUT2D eigenvalue weighted by atomic mass is 16.5. The van der Waals surface area contributed by atoms with Crippen LogP contribution in [0.2, 0.25) is 0 Å². The van der Waals surface area contributed by atoms with Crippen molar-refractivity contribution in [2.75, 3.05) is 6.54 Å². The Hall–Kier alpha value is -1.88. The molecule has 1 atom stereocenters. The van der Waals surface area contributed by atoms with Crippen LogP contribution < -0.4 is 10.1 Å². The molecule has 0 radical (unpaired) electrons. The lowest BCUT2D eigenvalue weighted by Crippen LogP contribution is -2.34. The standard InChI is InChI=1S/C12H13N3O2/c16-11(10-6-3-7-13-10)17-12-14-8-4-1-2-5-9(8)15-12/h1-2,4-5,10,13H,3,6-7H2,(H,14,15)/t10-/m0/s1. The van der Waals surface area contributed by atoms with Gasteiger partial charge in [-0.05, 0) is 31.5 Å². The van der Waals surface area contributed by atoms with Gasteiger partial charge in [-0.15, -0.1) is 0 Å². The average molecular weight is 231 g/mol. The summed E-state index contributed by atoms with van der Waals surface area (Å²) >= 11 is 0. The third-order valence-electron chi connectivity index (χ3n) is 2.91. The molecule has 0 aliphatic carbocycles. The van der Waals surface area contributed by atoms with Crippen molar-refractivity contribution < 1.29 is 9.53 Å². The molecule has 2 aromatic rings. The minimum absolute atomic E-state index is 0.191. The van der Waals surface area contributed by atoms with E-state index in [1.54, 1.807) is 0 Å². The van der Waals surface area contributed by atoms with E-state index in [-0.39, 0.29) is 18.0 Å². The Morgan fingerprint density at radius 2 is 2.29 bits per heavy atom. The van der Waals surface area contributed by atoms with Crippen LogP contribution in [0.25, 0.3) is 11.0 Å². The number of carbonyl (C=O) groups is 1. The van der Waals surface area contributed by atoms with Crippen LogP contribution in [-0.4, -0.2) is 28.5 Å². The number of nitrogens with one attached hydrogen (secondary N) is 2. The van der Waals surface area contributed by atoms with Gasteiger partial charge in [0.05, 0.1) is 11.0 Å². The quantitative estimate of drug-likeness (QED) is 0.763. The maximum absolute atomic E-state index is 11.7. The summed E-state index contributed by atoms with van der Waals surface area (Å²) in [4.78, 5) is 18.9. The van der Waals surface area contributed by atoms with Crippen LogP contribution in [0.3, 0.4) is 0 Å². The largest absolute Gasteiger partial charge is 0.391 e. The lowest BCUT2D eigenvalue weighted by atomic mass is 10.2. The summed E-state index contributed by atoms with van der Waals surface area (Å²) < 4.78 is 5.22. The predicted octanol–water partition coefficient (Wildman–Crippen LogP) is 1.22. The van der Waals surface area contributed by atoms with Crippen molar-refractivity contribution in [3.63, 3.8) is 0 Å². The Balaban J connectivity index is 1.77. The lowest BCUT2D eigenvalue weighted by Gasteiger charge is -2.06. The molecule has 17 heavy (non-hydrogen) atoms. The molecule has 1 aliphatic rings. The highest BCUT2D eigenvalue weighted by Crippen LogP contribution is 2.16. The first kappa shape index (κ1) is 10.3. The topological polar surface area (TPSA) is 67.0 Å². The Labute approximate surface area is 98.2 Å². The van der Waals surface area contributed by atoms with E-state index in [9.17, 15) is 4.79 Å². The monoisotopic (exact) mass is 231 g/mol. The maximum Gasteiger partial charge on any atom is 0.330 e. The van der Waals surface area contributed by atoms with Gasteiger partial charge in [0.1, 0.15) is 6.04 Å². The van der Waals surface area contributed by atoms with Crippen molar-refractivity contribution in [3.8, 4) is 6.01 Å². The number of imidazole rings is 1. The third kappa shape index (κ3) is 2.01. The van der Waals surface area contributed by atoms with Crippen LogP contribution in [0.5, 0.6) is 6.01 Å². The number of esters is 1. The number of para-hydroxylation sites is 2. The van der Waals surface area contributed by atoms with E-state index < -0.39 is 0 Å². The number of ether oxygens (including phenoxy) is 1. The number of carbonyl (C=O) groups excluding carboxylic acids is 1. The van der Waals surface area contributed by atoms with Gasteiger partial charge in [0.25, 0.3) is 0 Å². The van der Waals surface area contributed by atoms with Gasteiger partial charge in [-0.2, -0.15) is 4.98 Å². The van der Waals surface area contributed by atoms with Crippen molar-refractivity contribution in [3.05, 3.63) is 24.3 Å². The summed E-state index contributed by atoms with van der Waals surface area (Å²) in [6.45, 7) is 0.875. The number of benzene rings is 1. The summed E-state index contributed by atoms with van der Waals surface area (Å²) in [6, 6.07) is 7.65. The molecule has 88 valence electrons. The van der Waals surface area contributed by atoms with Gasteiger partial charge < -0.3 is 15.0 Å². The van der Waals surface area contributed by atoms with Gasteiger partial charge in [-0.25, -0.2) is 4.79 Å². The number of fused-ring (bicyclic) bond motifs is 1. The smallest absolute Gasteiger partial charge is 0.330 e. The molecular formula is C12H13N3O2. The van der Waals surface area contributed by atoms with Crippen LogP contribution in [-0.2, 0) is 4.79 Å². The number of hydrogen-bond donors (Lipinski definition) is 2. The number of aromatic nitrogens is 2. The van der Waals surface area contributed by atoms with E-state index >= 15 is 0 Å². The fraction of sp³-hybridized carbons (Fsp3) is 0.333. The second-order valence-electron chi connectivity index (χ2n) is 4.13. The summed E-state index contributed by atoms with van der Waals surface area (Å²) in [5, 5.41) is 3.09. The van der Waals surface area contributed by atoms with Gasteiger partial charge in [-0.3, -0.25) is 0 Å². The second-order valence-corrected chi connectivity index (χ2v) is 4.13. The fourth-order valence-electron chi connectivity index (χ4n) is 2.03. The molecule has 0 spiro atoms. The van der Waals surface area contributed by atoms with E-state index in [2.05, 4.69) is 15.3 Å². The normalized spacial score (nSPS) is 19.6. The van der Waals surface area contributed by atoms with Crippen LogP contribution in [0.15, 0.2) is 24.3 Å². The Bertz CT molecular complexity index is 510. The van der Waals surface area contributed by atoms with Crippen molar-refractivity contribution >= 4 is 17.0 Å². The average Bonchev–Trinajstić information content (AvgIpc) is 2.97. The first-order chi connectivity index (χ1) is 8.33. The zero-order valence-electron chi connectivity index (χ0n) is 9.27. The SMILES string of the molecule is O=C(Oc1nc2ccccc2[nH]1)[C@@H]1CCCN1. The molecule has 0 saturated carbocycles. The van der Waals surface area contributed by atoms with Crippen LogP contribution >= 0.6 is 0 Å². The van der Waals surface area contributed by atoms with Crippen molar-refractivity contribution in [2.45, 2.75) is 18.9 Å². The molecule has 5 nitrogen and oxygen atoms in total. The minimum atomic E-state index is -0.262. The fourth-order valence-corrected chi connectivity index (χ4v) is 2.03.